The van der Waals surface area contributed by atoms with Crippen molar-refractivity contribution in [3.05, 3.63) is 70.3 Å². The van der Waals surface area contributed by atoms with E-state index in [1.165, 1.54) is 22.3 Å². The number of carbonyl (C=O) groups excluding carboxylic acids is 1. The molecule has 4 rings (SSSR count). The van der Waals surface area contributed by atoms with Crippen molar-refractivity contribution in [2.75, 3.05) is 6.54 Å². The average Bonchev–Trinajstić information content (AvgIpc) is 3.23. The highest BCUT2D eigenvalue weighted by Crippen LogP contribution is 2.35. The fourth-order valence-corrected chi connectivity index (χ4v) is 3.89. The van der Waals surface area contributed by atoms with Crippen LogP contribution in [0.25, 0.3) is 0 Å². The van der Waals surface area contributed by atoms with Crippen molar-refractivity contribution in [1.29, 1.82) is 0 Å². The van der Waals surface area contributed by atoms with Crippen LogP contribution in [0.3, 0.4) is 0 Å². The number of carbonyl (C=O) groups is 1. The molecule has 2 aromatic carbocycles. The smallest absolute Gasteiger partial charge is 0.254 e. The molecule has 2 heterocycles. The first-order valence-corrected chi connectivity index (χ1v) is 8.43. The summed E-state index contributed by atoms with van der Waals surface area (Å²) in [7, 11) is 0. The second-order valence-electron chi connectivity index (χ2n) is 6.60. The molecule has 1 unspecified atom stereocenters. The summed E-state index contributed by atoms with van der Waals surface area (Å²) < 4.78 is 0. The third-order valence-electron chi connectivity index (χ3n) is 5.15. The highest BCUT2D eigenvalue weighted by molar-refractivity contribution is 5.95. The first-order valence-electron chi connectivity index (χ1n) is 8.43. The molecule has 4 heteroatoms. The highest BCUT2D eigenvalue weighted by Gasteiger charge is 2.31. The number of amides is 1. The number of likely N-dealkylation sites (tertiary alicyclic amines) is 1. The maximum atomic E-state index is 13.0. The van der Waals surface area contributed by atoms with E-state index in [9.17, 15) is 4.79 Å². The van der Waals surface area contributed by atoms with Crippen LogP contribution >= 0.6 is 12.4 Å². The van der Waals surface area contributed by atoms with Crippen LogP contribution in [0, 0.1) is 6.92 Å². The SMILES string of the molecule is Cc1ccccc1C1CCCN1C(=O)c1ccc2c(c1)CNC2.Cl. The van der Waals surface area contributed by atoms with Gasteiger partial charge in [0.15, 0.2) is 0 Å². The molecule has 3 nitrogen and oxygen atoms in total. The number of nitrogens with zero attached hydrogens (tertiary/aromatic N) is 1. The summed E-state index contributed by atoms with van der Waals surface area (Å²) >= 11 is 0. The number of rotatable bonds is 2. The van der Waals surface area contributed by atoms with Crippen LogP contribution in [0.15, 0.2) is 42.5 Å². The van der Waals surface area contributed by atoms with Crippen molar-refractivity contribution < 1.29 is 4.79 Å². The van der Waals surface area contributed by atoms with Crippen molar-refractivity contribution in [2.45, 2.75) is 38.9 Å². The molecule has 2 aliphatic heterocycles. The molecule has 1 amide bonds. The number of hydrogen-bond acceptors (Lipinski definition) is 2. The first-order chi connectivity index (χ1) is 11.2. The van der Waals surface area contributed by atoms with Crippen LogP contribution in [-0.2, 0) is 13.1 Å². The molecular formula is C20H23ClN2O. The van der Waals surface area contributed by atoms with Crippen molar-refractivity contribution >= 4 is 18.3 Å². The molecule has 0 saturated carbocycles. The fourth-order valence-electron chi connectivity index (χ4n) is 3.89. The van der Waals surface area contributed by atoms with Crippen LogP contribution in [0.5, 0.6) is 0 Å². The largest absolute Gasteiger partial charge is 0.332 e. The van der Waals surface area contributed by atoms with Gasteiger partial charge < -0.3 is 10.2 Å². The Morgan fingerprint density at radius 1 is 1.12 bits per heavy atom. The third-order valence-corrected chi connectivity index (χ3v) is 5.15. The minimum Gasteiger partial charge on any atom is -0.332 e. The molecule has 1 fully saturated rings. The topological polar surface area (TPSA) is 32.3 Å². The number of aryl methyl sites for hydroxylation is 1. The minimum atomic E-state index is 0. The number of hydrogen-bond donors (Lipinski definition) is 1. The van der Waals surface area contributed by atoms with Gasteiger partial charge in [-0.05, 0) is 54.2 Å². The summed E-state index contributed by atoms with van der Waals surface area (Å²) in [5.41, 5.74) is 5.98. The van der Waals surface area contributed by atoms with Gasteiger partial charge in [-0.3, -0.25) is 4.79 Å². The molecular weight excluding hydrogens is 320 g/mol. The van der Waals surface area contributed by atoms with Crippen molar-refractivity contribution in [3.8, 4) is 0 Å². The Morgan fingerprint density at radius 3 is 2.75 bits per heavy atom. The fraction of sp³-hybridized carbons (Fsp3) is 0.350. The zero-order valence-corrected chi connectivity index (χ0v) is 14.7. The zero-order valence-electron chi connectivity index (χ0n) is 13.9. The molecule has 0 aromatic heterocycles. The molecule has 0 radical (unpaired) electrons. The lowest BCUT2D eigenvalue weighted by atomic mass is 9.98. The van der Waals surface area contributed by atoms with Crippen LogP contribution < -0.4 is 5.32 Å². The van der Waals surface area contributed by atoms with Crippen molar-refractivity contribution in [2.24, 2.45) is 0 Å². The van der Waals surface area contributed by atoms with Gasteiger partial charge in [0.1, 0.15) is 0 Å². The van der Waals surface area contributed by atoms with Gasteiger partial charge >= 0.3 is 0 Å². The Kier molecular flexibility index (Phi) is 4.93. The van der Waals surface area contributed by atoms with E-state index in [0.717, 1.165) is 38.0 Å². The van der Waals surface area contributed by atoms with Crippen LogP contribution in [-0.4, -0.2) is 17.4 Å². The standard InChI is InChI=1S/C20H22N2O.ClH/c1-14-5-2-3-6-18(14)19-7-4-10-22(19)20(23)15-8-9-16-12-21-13-17(16)11-15;/h2-3,5-6,8-9,11,19,21H,4,7,10,12-13H2,1H3;1H. The Bertz CT molecular complexity index is 759. The Hall–Kier alpha value is -1.84. The van der Waals surface area contributed by atoms with E-state index < -0.39 is 0 Å². The number of nitrogens with one attached hydrogen (secondary N) is 1. The molecule has 0 aliphatic carbocycles. The van der Waals surface area contributed by atoms with Gasteiger partial charge in [0.25, 0.3) is 5.91 Å². The molecule has 0 spiro atoms. The normalized spacial score (nSPS) is 19.0. The monoisotopic (exact) mass is 342 g/mol. The quantitative estimate of drug-likeness (QED) is 0.894. The van der Waals surface area contributed by atoms with E-state index in [4.69, 9.17) is 0 Å². The van der Waals surface area contributed by atoms with Gasteiger partial charge in [-0.1, -0.05) is 30.3 Å². The van der Waals surface area contributed by atoms with E-state index in [-0.39, 0.29) is 24.4 Å². The molecule has 24 heavy (non-hydrogen) atoms. The number of fused-ring (bicyclic) bond motifs is 1. The lowest BCUT2D eigenvalue weighted by Gasteiger charge is -2.26. The van der Waals surface area contributed by atoms with E-state index in [0.29, 0.717) is 0 Å². The van der Waals surface area contributed by atoms with Crippen LogP contribution in [0.1, 0.15) is 51.5 Å². The maximum Gasteiger partial charge on any atom is 0.254 e. The first kappa shape index (κ1) is 17.0. The summed E-state index contributed by atoms with van der Waals surface area (Å²) in [6.45, 7) is 4.78. The average molecular weight is 343 g/mol. The molecule has 126 valence electrons. The molecule has 1 N–H and O–H groups in total. The van der Waals surface area contributed by atoms with Gasteiger partial charge in [-0.15, -0.1) is 12.4 Å². The minimum absolute atomic E-state index is 0. The molecule has 1 saturated heterocycles. The lowest BCUT2D eigenvalue weighted by molar-refractivity contribution is 0.0735. The van der Waals surface area contributed by atoms with E-state index >= 15 is 0 Å². The Balaban J connectivity index is 0.00000169. The lowest BCUT2D eigenvalue weighted by Crippen LogP contribution is -2.31. The Morgan fingerprint density at radius 2 is 1.92 bits per heavy atom. The van der Waals surface area contributed by atoms with Gasteiger partial charge in [-0.2, -0.15) is 0 Å². The molecule has 2 aliphatic rings. The van der Waals surface area contributed by atoms with E-state index in [1.807, 2.05) is 6.07 Å². The van der Waals surface area contributed by atoms with Gasteiger partial charge in [0.2, 0.25) is 0 Å². The summed E-state index contributed by atoms with van der Waals surface area (Å²) in [6.07, 6.45) is 2.14. The summed E-state index contributed by atoms with van der Waals surface area (Å²) in [4.78, 5) is 15.1. The van der Waals surface area contributed by atoms with E-state index in [2.05, 4.69) is 53.5 Å². The number of halogens is 1. The second kappa shape index (κ2) is 6.96. The van der Waals surface area contributed by atoms with Crippen LogP contribution in [0.2, 0.25) is 0 Å². The van der Waals surface area contributed by atoms with Gasteiger partial charge in [0, 0.05) is 25.2 Å². The van der Waals surface area contributed by atoms with Crippen LogP contribution in [0.4, 0.5) is 0 Å². The zero-order chi connectivity index (χ0) is 15.8. The molecule has 2 aromatic rings. The maximum absolute atomic E-state index is 13.0. The van der Waals surface area contributed by atoms with Crippen molar-refractivity contribution in [1.82, 2.24) is 10.2 Å². The predicted molar refractivity (Wildman–Crippen MR) is 98.4 cm³/mol. The summed E-state index contributed by atoms with van der Waals surface area (Å²) in [5.74, 6) is 0.172. The van der Waals surface area contributed by atoms with E-state index in [1.54, 1.807) is 0 Å². The molecule has 0 bridgehead atoms. The van der Waals surface area contributed by atoms with Crippen molar-refractivity contribution in [3.63, 3.8) is 0 Å². The number of benzene rings is 2. The second-order valence-corrected chi connectivity index (χ2v) is 6.60. The van der Waals surface area contributed by atoms with Gasteiger partial charge in [0.05, 0.1) is 6.04 Å². The van der Waals surface area contributed by atoms with Gasteiger partial charge in [-0.25, -0.2) is 0 Å². The summed E-state index contributed by atoms with van der Waals surface area (Å²) in [6, 6.07) is 14.8. The predicted octanol–water partition coefficient (Wildman–Crippen LogP) is 4.00. The summed E-state index contributed by atoms with van der Waals surface area (Å²) in [5, 5.41) is 3.34. The Labute approximate surface area is 149 Å². The molecule has 1 atom stereocenters. The third kappa shape index (κ3) is 2.94. The highest BCUT2D eigenvalue weighted by atomic mass is 35.5.